The smallest absolute Gasteiger partial charge is 0.269 e. The zero-order valence-electron chi connectivity index (χ0n) is 12.3. The largest absolute Gasteiger partial charge is 0.305 e. The van der Waals surface area contributed by atoms with Crippen molar-refractivity contribution in [2.75, 3.05) is 0 Å². The van der Waals surface area contributed by atoms with E-state index in [2.05, 4.69) is 15.2 Å². The fourth-order valence-electron chi connectivity index (χ4n) is 2.10. The summed E-state index contributed by atoms with van der Waals surface area (Å²) >= 11 is 1.49. The Bertz CT molecular complexity index is 835. The molecule has 0 N–H and O–H groups in total. The van der Waals surface area contributed by atoms with Crippen LogP contribution in [0.25, 0.3) is 11.4 Å². The van der Waals surface area contributed by atoms with E-state index in [-0.39, 0.29) is 5.69 Å². The molecule has 0 fully saturated rings. The van der Waals surface area contributed by atoms with Crippen LogP contribution in [0.2, 0.25) is 0 Å². The minimum atomic E-state index is -0.391. The highest BCUT2D eigenvalue weighted by molar-refractivity contribution is 7.98. The number of nitro groups is 1. The van der Waals surface area contributed by atoms with Crippen LogP contribution in [0.15, 0.2) is 53.9 Å². The van der Waals surface area contributed by atoms with Crippen molar-refractivity contribution in [3.63, 3.8) is 0 Å². The molecule has 0 amide bonds. The van der Waals surface area contributed by atoms with Gasteiger partial charge in [0.05, 0.1) is 4.92 Å². The first-order valence-electron chi connectivity index (χ1n) is 6.81. The van der Waals surface area contributed by atoms with Crippen molar-refractivity contribution >= 4 is 17.4 Å². The van der Waals surface area contributed by atoms with Crippen LogP contribution in [-0.4, -0.2) is 24.7 Å². The maximum absolute atomic E-state index is 10.8. The van der Waals surface area contributed by atoms with E-state index in [0.29, 0.717) is 5.75 Å². The van der Waals surface area contributed by atoms with Crippen LogP contribution in [0, 0.1) is 10.1 Å². The average molecular weight is 327 g/mol. The first kappa shape index (κ1) is 15.2. The Labute approximate surface area is 136 Å². The number of benzene rings is 1. The van der Waals surface area contributed by atoms with Crippen LogP contribution in [0.4, 0.5) is 5.69 Å². The van der Waals surface area contributed by atoms with E-state index in [4.69, 9.17) is 0 Å². The van der Waals surface area contributed by atoms with Crippen molar-refractivity contribution in [2.24, 2.45) is 7.05 Å². The topological polar surface area (TPSA) is 86.7 Å². The highest BCUT2D eigenvalue weighted by atomic mass is 32.2. The quantitative estimate of drug-likeness (QED) is 0.406. The number of pyridine rings is 1. The molecule has 0 spiro atoms. The van der Waals surface area contributed by atoms with Crippen molar-refractivity contribution in [3.05, 3.63) is 64.5 Å². The number of nitro benzene ring substituents is 1. The molecular formula is C15H13N5O2S. The third kappa shape index (κ3) is 3.37. The van der Waals surface area contributed by atoms with Crippen LogP contribution in [0.5, 0.6) is 0 Å². The fourth-order valence-corrected chi connectivity index (χ4v) is 2.95. The number of thioether (sulfide) groups is 1. The summed E-state index contributed by atoms with van der Waals surface area (Å²) < 4.78 is 1.90. The first-order chi connectivity index (χ1) is 11.1. The molecule has 7 nitrogen and oxygen atoms in total. The van der Waals surface area contributed by atoms with E-state index < -0.39 is 4.92 Å². The first-order valence-corrected chi connectivity index (χ1v) is 7.79. The Morgan fingerprint density at radius 2 is 2.00 bits per heavy atom. The van der Waals surface area contributed by atoms with Gasteiger partial charge >= 0.3 is 0 Å². The molecule has 0 radical (unpaired) electrons. The lowest BCUT2D eigenvalue weighted by Crippen LogP contribution is -1.95. The summed E-state index contributed by atoms with van der Waals surface area (Å²) in [7, 11) is 1.89. The zero-order valence-corrected chi connectivity index (χ0v) is 13.1. The number of hydrogen-bond donors (Lipinski definition) is 0. The summed E-state index contributed by atoms with van der Waals surface area (Å²) in [5.41, 5.74) is 1.91. The van der Waals surface area contributed by atoms with E-state index >= 15 is 0 Å². The monoisotopic (exact) mass is 327 g/mol. The van der Waals surface area contributed by atoms with Gasteiger partial charge in [0.15, 0.2) is 11.0 Å². The molecule has 1 aromatic carbocycles. The van der Waals surface area contributed by atoms with Crippen LogP contribution in [-0.2, 0) is 12.8 Å². The third-order valence-electron chi connectivity index (χ3n) is 3.26. The average Bonchev–Trinajstić information content (AvgIpc) is 2.95. The number of aromatic nitrogens is 4. The minimum absolute atomic E-state index is 0.0959. The van der Waals surface area contributed by atoms with Crippen LogP contribution in [0.3, 0.4) is 0 Å². The number of nitrogens with zero attached hydrogens (tertiary/aromatic N) is 5. The van der Waals surface area contributed by atoms with Gasteiger partial charge in [-0.25, -0.2) is 0 Å². The lowest BCUT2D eigenvalue weighted by molar-refractivity contribution is -0.384. The Balaban J connectivity index is 1.76. The van der Waals surface area contributed by atoms with E-state index in [9.17, 15) is 10.1 Å². The highest BCUT2D eigenvalue weighted by Gasteiger charge is 2.12. The second-order valence-electron chi connectivity index (χ2n) is 4.82. The lowest BCUT2D eigenvalue weighted by Gasteiger charge is -2.04. The van der Waals surface area contributed by atoms with Gasteiger partial charge in [-0.15, -0.1) is 10.2 Å². The van der Waals surface area contributed by atoms with E-state index in [0.717, 1.165) is 22.1 Å². The summed E-state index contributed by atoms with van der Waals surface area (Å²) in [6.07, 6.45) is 3.42. The van der Waals surface area contributed by atoms with Gasteiger partial charge in [0.1, 0.15) is 0 Å². The molecule has 0 saturated carbocycles. The van der Waals surface area contributed by atoms with Crippen LogP contribution < -0.4 is 0 Å². The van der Waals surface area contributed by atoms with Crippen molar-refractivity contribution < 1.29 is 4.92 Å². The highest BCUT2D eigenvalue weighted by Crippen LogP contribution is 2.26. The number of hydrogen-bond acceptors (Lipinski definition) is 6. The Morgan fingerprint density at radius 1 is 1.22 bits per heavy atom. The Hall–Kier alpha value is -2.74. The van der Waals surface area contributed by atoms with Crippen LogP contribution in [0.1, 0.15) is 5.56 Å². The molecule has 0 unspecified atom stereocenters. The third-order valence-corrected chi connectivity index (χ3v) is 4.35. The van der Waals surface area contributed by atoms with Crippen molar-refractivity contribution in [3.8, 4) is 11.4 Å². The summed E-state index contributed by atoms with van der Waals surface area (Å²) in [5.74, 6) is 1.35. The van der Waals surface area contributed by atoms with Gasteiger partial charge in [0, 0.05) is 42.9 Å². The molecule has 0 saturated heterocycles. The van der Waals surface area contributed by atoms with Gasteiger partial charge in [0.25, 0.3) is 5.69 Å². The molecule has 0 bridgehead atoms. The molecule has 8 heteroatoms. The number of non-ortho nitro benzene ring substituents is 1. The lowest BCUT2D eigenvalue weighted by atomic mass is 10.2. The van der Waals surface area contributed by atoms with Gasteiger partial charge < -0.3 is 4.57 Å². The number of rotatable bonds is 5. The molecule has 0 atom stereocenters. The zero-order chi connectivity index (χ0) is 16.2. The van der Waals surface area contributed by atoms with Crippen molar-refractivity contribution in [1.29, 1.82) is 0 Å². The van der Waals surface area contributed by atoms with E-state index in [1.807, 2.05) is 29.8 Å². The molecule has 0 aliphatic heterocycles. The van der Waals surface area contributed by atoms with Gasteiger partial charge in [0.2, 0.25) is 0 Å². The second kappa shape index (κ2) is 6.57. The van der Waals surface area contributed by atoms with Gasteiger partial charge in [-0.2, -0.15) is 0 Å². The minimum Gasteiger partial charge on any atom is -0.305 e. The van der Waals surface area contributed by atoms with Gasteiger partial charge in [-0.3, -0.25) is 15.1 Å². The standard InChI is InChI=1S/C15H13N5O2S/c1-19-14(12-5-7-16-8-6-12)17-18-15(19)23-10-11-3-2-4-13(9-11)20(21)22/h2-9H,10H2,1H3. The SMILES string of the molecule is Cn1c(SCc2cccc([N+](=O)[O-])c2)nnc1-c1ccncc1. The van der Waals surface area contributed by atoms with Crippen molar-refractivity contribution in [1.82, 2.24) is 19.7 Å². The maximum Gasteiger partial charge on any atom is 0.269 e. The Kier molecular flexibility index (Phi) is 4.33. The molecule has 3 rings (SSSR count). The summed E-state index contributed by atoms with van der Waals surface area (Å²) in [6, 6.07) is 10.4. The Morgan fingerprint density at radius 3 is 2.74 bits per heavy atom. The van der Waals surface area contributed by atoms with Crippen molar-refractivity contribution in [2.45, 2.75) is 10.9 Å². The molecule has 23 heavy (non-hydrogen) atoms. The molecule has 0 aliphatic carbocycles. The van der Waals surface area contributed by atoms with E-state index in [1.54, 1.807) is 24.5 Å². The predicted octanol–water partition coefficient (Wildman–Crippen LogP) is 3.08. The molecule has 2 aromatic heterocycles. The van der Waals surface area contributed by atoms with E-state index in [1.165, 1.54) is 17.8 Å². The fraction of sp³-hybridized carbons (Fsp3) is 0.133. The molecule has 2 heterocycles. The maximum atomic E-state index is 10.8. The predicted molar refractivity (Wildman–Crippen MR) is 86.9 cm³/mol. The molecule has 116 valence electrons. The molecule has 0 aliphatic rings. The summed E-state index contributed by atoms with van der Waals surface area (Å²) in [6.45, 7) is 0. The van der Waals surface area contributed by atoms with Gasteiger partial charge in [-0.1, -0.05) is 23.9 Å². The summed E-state index contributed by atoms with van der Waals surface area (Å²) in [5, 5.41) is 19.9. The molecule has 3 aromatic rings. The second-order valence-corrected chi connectivity index (χ2v) is 5.76. The van der Waals surface area contributed by atoms with Gasteiger partial charge in [-0.05, 0) is 17.7 Å². The summed E-state index contributed by atoms with van der Waals surface area (Å²) in [4.78, 5) is 14.4. The molecular weight excluding hydrogens is 314 g/mol. The van der Waals surface area contributed by atoms with Crippen LogP contribution >= 0.6 is 11.8 Å². The normalized spacial score (nSPS) is 10.7.